The Labute approximate surface area is 148 Å². The second kappa shape index (κ2) is 6.55. The van der Waals surface area contributed by atoms with Crippen molar-refractivity contribution in [3.05, 3.63) is 23.9 Å². The fourth-order valence-electron chi connectivity index (χ4n) is 4.15. The van der Waals surface area contributed by atoms with Crippen LogP contribution in [0.5, 0.6) is 0 Å². The lowest BCUT2D eigenvalue weighted by atomic mass is 9.82. The Morgan fingerprint density at radius 3 is 2.92 bits per heavy atom. The normalized spacial score (nSPS) is 29.9. The van der Waals surface area contributed by atoms with Crippen LogP contribution in [0.25, 0.3) is 0 Å². The molecule has 3 aliphatic heterocycles. The summed E-state index contributed by atoms with van der Waals surface area (Å²) in [5.74, 6) is 1.23. The van der Waals surface area contributed by atoms with Crippen LogP contribution in [0.4, 0.5) is 5.82 Å². The van der Waals surface area contributed by atoms with Gasteiger partial charge in [0.2, 0.25) is 0 Å². The van der Waals surface area contributed by atoms with Crippen LogP contribution < -0.4 is 4.90 Å². The number of hydrogen-bond acceptors (Lipinski definition) is 6. The Morgan fingerprint density at radius 1 is 1.40 bits per heavy atom. The van der Waals surface area contributed by atoms with E-state index in [0.717, 1.165) is 45.1 Å². The molecule has 0 unspecified atom stereocenters. The topological polar surface area (TPSA) is 69.1 Å². The first kappa shape index (κ1) is 16.8. The van der Waals surface area contributed by atoms with Gasteiger partial charge in [0.25, 0.3) is 5.91 Å². The summed E-state index contributed by atoms with van der Waals surface area (Å²) in [4.78, 5) is 23.6. The van der Waals surface area contributed by atoms with Crippen LogP contribution in [0.15, 0.2) is 18.3 Å². The number of aliphatic hydroxyl groups excluding tert-OH is 1. The van der Waals surface area contributed by atoms with Crippen molar-refractivity contribution in [2.24, 2.45) is 11.3 Å². The summed E-state index contributed by atoms with van der Waals surface area (Å²) < 4.78 is 5.57. The van der Waals surface area contributed by atoms with E-state index in [2.05, 4.69) is 21.8 Å². The summed E-state index contributed by atoms with van der Waals surface area (Å²) in [6.07, 6.45) is 1.72. The highest BCUT2D eigenvalue weighted by atomic mass is 16.5. The number of nitrogens with zero attached hydrogens (tertiary/aromatic N) is 4. The van der Waals surface area contributed by atoms with Crippen molar-refractivity contribution in [1.82, 2.24) is 14.8 Å². The molecule has 3 fully saturated rings. The predicted octanol–water partition coefficient (Wildman–Crippen LogP) is -0.0857. The molecule has 0 bridgehead atoms. The molecular formula is C18H26N4O3. The van der Waals surface area contributed by atoms with Crippen molar-refractivity contribution in [1.29, 1.82) is 0 Å². The number of carbonyl (C=O) groups is 1. The number of amides is 1. The van der Waals surface area contributed by atoms with Gasteiger partial charge in [0.15, 0.2) is 0 Å². The van der Waals surface area contributed by atoms with Gasteiger partial charge in [0, 0.05) is 62.4 Å². The molecule has 3 saturated heterocycles. The summed E-state index contributed by atoms with van der Waals surface area (Å²) in [6.45, 7) is 6.34. The van der Waals surface area contributed by atoms with Crippen molar-refractivity contribution >= 4 is 11.7 Å². The molecule has 0 spiro atoms. The smallest absolute Gasteiger partial charge is 0.254 e. The molecular weight excluding hydrogens is 320 g/mol. The molecule has 3 aliphatic rings. The summed E-state index contributed by atoms with van der Waals surface area (Å²) in [5.41, 5.74) is 0.514. The van der Waals surface area contributed by atoms with Gasteiger partial charge in [0.05, 0.1) is 19.8 Å². The molecule has 1 aromatic rings. The summed E-state index contributed by atoms with van der Waals surface area (Å²) in [6, 6.07) is 3.69. The van der Waals surface area contributed by atoms with E-state index in [1.807, 2.05) is 11.0 Å². The highest BCUT2D eigenvalue weighted by molar-refractivity contribution is 5.95. The van der Waals surface area contributed by atoms with Crippen molar-refractivity contribution in [3.8, 4) is 0 Å². The highest BCUT2D eigenvalue weighted by Gasteiger charge is 2.50. The Balaban J connectivity index is 1.49. The van der Waals surface area contributed by atoms with Crippen molar-refractivity contribution in [2.45, 2.75) is 0 Å². The number of hydrogen-bond donors (Lipinski definition) is 1. The number of aromatic nitrogens is 1. The molecule has 0 aromatic carbocycles. The number of piperazine rings is 1. The van der Waals surface area contributed by atoms with E-state index in [1.165, 1.54) is 0 Å². The number of pyridine rings is 1. The number of rotatable bonds is 3. The Kier molecular flexibility index (Phi) is 4.39. The maximum absolute atomic E-state index is 12.8. The molecule has 4 rings (SSSR count). The van der Waals surface area contributed by atoms with Crippen LogP contribution in [0, 0.1) is 11.3 Å². The third kappa shape index (κ3) is 3.01. The van der Waals surface area contributed by atoms with Crippen LogP contribution in [0.1, 0.15) is 10.4 Å². The third-order valence-corrected chi connectivity index (χ3v) is 5.94. The summed E-state index contributed by atoms with van der Waals surface area (Å²) in [7, 11) is 2.08. The van der Waals surface area contributed by atoms with Crippen LogP contribution in [-0.4, -0.2) is 91.9 Å². The average molecular weight is 346 g/mol. The van der Waals surface area contributed by atoms with Crippen LogP contribution in [0.2, 0.25) is 0 Å². The first-order valence-corrected chi connectivity index (χ1v) is 8.99. The van der Waals surface area contributed by atoms with Gasteiger partial charge in [-0.25, -0.2) is 4.98 Å². The molecule has 0 aliphatic carbocycles. The predicted molar refractivity (Wildman–Crippen MR) is 93.7 cm³/mol. The monoisotopic (exact) mass is 346 g/mol. The molecule has 4 heterocycles. The van der Waals surface area contributed by atoms with E-state index in [9.17, 15) is 9.90 Å². The second-order valence-electron chi connectivity index (χ2n) is 7.61. The zero-order valence-electron chi connectivity index (χ0n) is 14.7. The van der Waals surface area contributed by atoms with E-state index in [0.29, 0.717) is 24.7 Å². The van der Waals surface area contributed by atoms with Crippen LogP contribution >= 0.6 is 0 Å². The number of carbonyl (C=O) groups excluding carboxylic acids is 1. The van der Waals surface area contributed by atoms with Crippen molar-refractivity contribution in [2.75, 3.05) is 71.0 Å². The third-order valence-electron chi connectivity index (χ3n) is 5.94. The zero-order valence-corrected chi connectivity index (χ0v) is 14.7. The fourth-order valence-corrected chi connectivity index (χ4v) is 4.15. The van der Waals surface area contributed by atoms with Crippen LogP contribution in [-0.2, 0) is 4.74 Å². The molecule has 25 heavy (non-hydrogen) atoms. The number of ether oxygens (including phenoxy) is 1. The van der Waals surface area contributed by atoms with E-state index in [4.69, 9.17) is 4.74 Å². The molecule has 7 heteroatoms. The van der Waals surface area contributed by atoms with Crippen LogP contribution in [0.3, 0.4) is 0 Å². The second-order valence-corrected chi connectivity index (χ2v) is 7.61. The van der Waals surface area contributed by atoms with Gasteiger partial charge >= 0.3 is 0 Å². The molecule has 1 amide bonds. The Bertz CT molecular complexity index is 647. The van der Waals surface area contributed by atoms with E-state index >= 15 is 0 Å². The summed E-state index contributed by atoms with van der Waals surface area (Å²) in [5, 5.41) is 9.83. The van der Waals surface area contributed by atoms with Gasteiger partial charge < -0.3 is 24.5 Å². The van der Waals surface area contributed by atoms with Gasteiger partial charge in [-0.2, -0.15) is 0 Å². The van der Waals surface area contributed by atoms with Gasteiger partial charge in [-0.1, -0.05) is 0 Å². The maximum atomic E-state index is 12.8. The molecule has 1 N–H and O–H groups in total. The van der Waals surface area contributed by atoms with Gasteiger partial charge in [-0.3, -0.25) is 4.79 Å². The minimum atomic E-state index is -0.181. The number of anilines is 1. The minimum Gasteiger partial charge on any atom is -0.396 e. The lowest BCUT2D eigenvalue weighted by Crippen LogP contribution is -2.47. The molecule has 1 aromatic heterocycles. The Morgan fingerprint density at radius 2 is 2.20 bits per heavy atom. The van der Waals surface area contributed by atoms with Gasteiger partial charge in [-0.15, -0.1) is 0 Å². The molecule has 0 saturated carbocycles. The van der Waals surface area contributed by atoms with Gasteiger partial charge in [0.1, 0.15) is 5.82 Å². The molecule has 7 nitrogen and oxygen atoms in total. The first-order valence-electron chi connectivity index (χ1n) is 8.99. The lowest BCUT2D eigenvalue weighted by Gasteiger charge is -2.32. The van der Waals surface area contributed by atoms with E-state index in [-0.39, 0.29) is 17.9 Å². The highest BCUT2D eigenvalue weighted by Crippen LogP contribution is 2.42. The first-order chi connectivity index (χ1) is 12.1. The molecule has 2 atom stereocenters. The minimum absolute atomic E-state index is 0.0799. The van der Waals surface area contributed by atoms with Crippen molar-refractivity contribution < 1.29 is 14.6 Å². The van der Waals surface area contributed by atoms with Crippen molar-refractivity contribution in [3.63, 3.8) is 0 Å². The quantitative estimate of drug-likeness (QED) is 0.825. The Hall–Kier alpha value is -1.70. The standard InChI is InChI=1S/C18H26N4O3/c1-20-4-6-21(7-5-20)17(24)14-2-3-19-16(8-14)22-9-15-10-25-13-18(15,11-22)12-23/h2-3,8,15,23H,4-7,9-13H2,1H3/t15-,18-/m0/s1. The SMILES string of the molecule is CN1CCN(C(=O)c2ccnc(N3C[C@H]4COC[C@@]4(CO)C3)c2)CC1. The average Bonchev–Trinajstić information content (AvgIpc) is 3.19. The fraction of sp³-hybridized carbons (Fsp3) is 0.667. The lowest BCUT2D eigenvalue weighted by molar-refractivity contribution is 0.0664. The zero-order chi connectivity index (χ0) is 17.4. The summed E-state index contributed by atoms with van der Waals surface area (Å²) >= 11 is 0. The van der Waals surface area contributed by atoms with Gasteiger partial charge in [-0.05, 0) is 19.2 Å². The number of aliphatic hydroxyl groups is 1. The maximum Gasteiger partial charge on any atom is 0.254 e. The number of fused-ring (bicyclic) bond motifs is 1. The molecule has 0 radical (unpaired) electrons. The largest absolute Gasteiger partial charge is 0.396 e. The number of likely N-dealkylation sites (N-methyl/N-ethyl adjacent to an activating group) is 1. The van der Waals surface area contributed by atoms with E-state index in [1.54, 1.807) is 12.3 Å². The van der Waals surface area contributed by atoms with E-state index < -0.39 is 0 Å². The molecule has 136 valence electrons.